The zero-order valence-corrected chi connectivity index (χ0v) is 15.4. The molecular weight excluding hydrogens is 351 g/mol. The second-order valence-corrected chi connectivity index (χ2v) is 7.24. The third kappa shape index (κ3) is 4.64. The number of rotatable bonds is 5. The van der Waals surface area contributed by atoms with Crippen LogP contribution in [0.15, 0.2) is 47.4 Å². The van der Waals surface area contributed by atoms with Crippen molar-refractivity contribution in [1.82, 2.24) is 4.90 Å². The fourth-order valence-corrected chi connectivity index (χ4v) is 3.65. The SMILES string of the molecule is CCC(=O)N1CCc2ccc(NC(=O)CSc3ccc(F)cc3)cc2C1. The Balaban J connectivity index is 1.59. The number of fused-ring (bicyclic) bond motifs is 1. The van der Waals surface area contributed by atoms with Crippen molar-refractivity contribution in [2.75, 3.05) is 17.6 Å². The van der Waals surface area contributed by atoms with Crippen LogP contribution in [-0.2, 0) is 22.6 Å². The Kier molecular flexibility index (Phi) is 5.93. The summed E-state index contributed by atoms with van der Waals surface area (Å²) in [6, 6.07) is 11.9. The molecule has 4 nitrogen and oxygen atoms in total. The summed E-state index contributed by atoms with van der Waals surface area (Å²) in [5.74, 6) is 0.00390. The number of thioether (sulfide) groups is 1. The monoisotopic (exact) mass is 372 g/mol. The molecule has 26 heavy (non-hydrogen) atoms. The van der Waals surface area contributed by atoms with Gasteiger partial charge in [-0.2, -0.15) is 0 Å². The third-order valence-corrected chi connectivity index (χ3v) is 5.35. The Morgan fingerprint density at radius 2 is 1.92 bits per heavy atom. The molecular formula is C20H21FN2O2S. The van der Waals surface area contributed by atoms with Gasteiger partial charge in [-0.05, 0) is 53.9 Å². The Bertz CT molecular complexity index is 808. The van der Waals surface area contributed by atoms with Gasteiger partial charge in [0.15, 0.2) is 0 Å². The van der Waals surface area contributed by atoms with E-state index in [1.807, 2.05) is 30.0 Å². The van der Waals surface area contributed by atoms with Crippen LogP contribution in [0.5, 0.6) is 0 Å². The van der Waals surface area contributed by atoms with E-state index < -0.39 is 0 Å². The summed E-state index contributed by atoms with van der Waals surface area (Å²) in [5, 5.41) is 2.89. The maximum Gasteiger partial charge on any atom is 0.234 e. The predicted octanol–water partition coefficient (Wildman–Crippen LogP) is 3.85. The summed E-state index contributed by atoms with van der Waals surface area (Å²) in [6.45, 7) is 3.21. The summed E-state index contributed by atoms with van der Waals surface area (Å²) in [6.07, 6.45) is 1.35. The predicted molar refractivity (Wildman–Crippen MR) is 102 cm³/mol. The first-order valence-electron chi connectivity index (χ1n) is 8.63. The summed E-state index contributed by atoms with van der Waals surface area (Å²) in [5.41, 5.74) is 3.05. The number of hydrogen-bond donors (Lipinski definition) is 1. The highest BCUT2D eigenvalue weighted by molar-refractivity contribution is 8.00. The molecule has 0 aromatic heterocycles. The molecule has 2 aromatic carbocycles. The van der Waals surface area contributed by atoms with E-state index in [9.17, 15) is 14.0 Å². The topological polar surface area (TPSA) is 49.4 Å². The molecule has 3 rings (SSSR count). The summed E-state index contributed by atoms with van der Waals surface area (Å²) in [7, 11) is 0. The van der Waals surface area contributed by atoms with Crippen molar-refractivity contribution in [2.45, 2.75) is 31.2 Å². The van der Waals surface area contributed by atoms with E-state index in [4.69, 9.17) is 0 Å². The number of carbonyl (C=O) groups excluding carboxylic acids is 2. The van der Waals surface area contributed by atoms with Crippen LogP contribution in [0.2, 0.25) is 0 Å². The smallest absolute Gasteiger partial charge is 0.234 e. The maximum absolute atomic E-state index is 12.9. The van der Waals surface area contributed by atoms with Crippen LogP contribution in [-0.4, -0.2) is 29.0 Å². The Labute approximate surface area is 156 Å². The molecule has 0 bridgehead atoms. The van der Waals surface area contributed by atoms with Gasteiger partial charge in [0.1, 0.15) is 5.82 Å². The number of halogens is 1. The number of amides is 2. The lowest BCUT2D eigenvalue weighted by molar-refractivity contribution is -0.131. The van der Waals surface area contributed by atoms with Crippen molar-refractivity contribution < 1.29 is 14.0 Å². The van der Waals surface area contributed by atoms with Crippen LogP contribution in [0.1, 0.15) is 24.5 Å². The zero-order chi connectivity index (χ0) is 18.5. The van der Waals surface area contributed by atoms with Gasteiger partial charge in [-0.1, -0.05) is 13.0 Å². The number of anilines is 1. The van der Waals surface area contributed by atoms with E-state index in [-0.39, 0.29) is 23.4 Å². The van der Waals surface area contributed by atoms with Gasteiger partial charge in [0, 0.05) is 30.1 Å². The van der Waals surface area contributed by atoms with Gasteiger partial charge in [-0.3, -0.25) is 9.59 Å². The third-order valence-electron chi connectivity index (χ3n) is 4.34. The van der Waals surface area contributed by atoms with Crippen LogP contribution in [0.3, 0.4) is 0 Å². The quantitative estimate of drug-likeness (QED) is 0.811. The molecule has 1 aliphatic rings. The van der Waals surface area contributed by atoms with Gasteiger partial charge in [0.2, 0.25) is 11.8 Å². The second-order valence-electron chi connectivity index (χ2n) is 6.19. The standard InChI is InChI=1S/C20H21FN2O2S/c1-2-20(25)23-10-9-14-3-6-17(11-15(14)12-23)22-19(24)13-26-18-7-4-16(21)5-8-18/h3-8,11H,2,9-10,12-13H2,1H3,(H,22,24). The van der Waals surface area contributed by atoms with Crippen molar-refractivity contribution in [1.29, 1.82) is 0 Å². The maximum atomic E-state index is 12.9. The fraction of sp³-hybridized carbons (Fsp3) is 0.300. The molecule has 0 unspecified atom stereocenters. The lowest BCUT2D eigenvalue weighted by Crippen LogP contribution is -2.35. The first-order chi connectivity index (χ1) is 12.5. The largest absolute Gasteiger partial charge is 0.338 e. The zero-order valence-electron chi connectivity index (χ0n) is 14.6. The van der Waals surface area contributed by atoms with Gasteiger partial charge < -0.3 is 10.2 Å². The number of benzene rings is 2. The molecule has 2 aromatic rings. The first-order valence-corrected chi connectivity index (χ1v) is 9.61. The van der Waals surface area contributed by atoms with E-state index in [1.54, 1.807) is 12.1 Å². The normalized spacial score (nSPS) is 13.2. The lowest BCUT2D eigenvalue weighted by atomic mass is 9.99. The van der Waals surface area contributed by atoms with E-state index in [0.717, 1.165) is 29.1 Å². The van der Waals surface area contributed by atoms with Gasteiger partial charge in [-0.25, -0.2) is 4.39 Å². The van der Waals surface area contributed by atoms with Gasteiger partial charge >= 0.3 is 0 Å². The molecule has 1 heterocycles. The highest BCUT2D eigenvalue weighted by Gasteiger charge is 2.19. The van der Waals surface area contributed by atoms with Crippen LogP contribution in [0.4, 0.5) is 10.1 Å². The van der Waals surface area contributed by atoms with Crippen LogP contribution in [0, 0.1) is 5.82 Å². The second kappa shape index (κ2) is 8.36. The first kappa shape index (κ1) is 18.5. The van der Waals surface area contributed by atoms with Crippen molar-refractivity contribution in [3.05, 3.63) is 59.4 Å². The Morgan fingerprint density at radius 3 is 2.65 bits per heavy atom. The Morgan fingerprint density at radius 1 is 1.15 bits per heavy atom. The molecule has 136 valence electrons. The highest BCUT2D eigenvalue weighted by atomic mass is 32.2. The molecule has 0 aliphatic carbocycles. The average Bonchev–Trinajstić information content (AvgIpc) is 2.66. The van der Waals surface area contributed by atoms with Crippen molar-refractivity contribution >= 4 is 29.3 Å². The molecule has 2 amide bonds. The summed E-state index contributed by atoms with van der Waals surface area (Å²) >= 11 is 1.36. The average molecular weight is 372 g/mol. The van der Waals surface area contributed by atoms with Crippen molar-refractivity contribution in [2.24, 2.45) is 0 Å². The van der Waals surface area contributed by atoms with Crippen LogP contribution >= 0.6 is 11.8 Å². The van der Waals surface area contributed by atoms with Crippen LogP contribution in [0.25, 0.3) is 0 Å². The summed E-state index contributed by atoms with van der Waals surface area (Å²) < 4.78 is 12.9. The minimum Gasteiger partial charge on any atom is -0.338 e. The molecule has 0 fully saturated rings. The number of hydrogen-bond acceptors (Lipinski definition) is 3. The Hall–Kier alpha value is -2.34. The molecule has 0 saturated carbocycles. The highest BCUT2D eigenvalue weighted by Crippen LogP contribution is 2.24. The fourth-order valence-electron chi connectivity index (χ4n) is 2.95. The number of nitrogens with zero attached hydrogens (tertiary/aromatic N) is 1. The van der Waals surface area contributed by atoms with Crippen molar-refractivity contribution in [3.8, 4) is 0 Å². The van der Waals surface area contributed by atoms with Crippen molar-refractivity contribution in [3.63, 3.8) is 0 Å². The molecule has 6 heteroatoms. The summed E-state index contributed by atoms with van der Waals surface area (Å²) in [4.78, 5) is 26.8. The molecule has 0 radical (unpaired) electrons. The molecule has 1 N–H and O–H groups in total. The minimum atomic E-state index is -0.288. The van der Waals surface area contributed by atoms with E-state index >= 15 is 0 Å². The lowest BCUT2D eigenvalue weighted by Gasteiger charge is -2.29. The van der Waals surface area contributed by atoms with E-state index in [1.165, 1.54) is 29.5 Å². The van der Waals surface area contributed by atoms with Gasteiger partial charge in [-0.15, -0.1) is 11.8 Å². The molecule has 1 aliphatic heterocycles. The van der Waals surface area contributed by atoms with Crippen LogP contribution < -0.4 is 5.32 Å². The number of nitrogens with one attached hydrogen (secondary N) is 1. The van der Waals surface area contributed by atoms with Gasteiger partial charge in [0.05, 0.1) is 5.75 Å². The molecule has 0 atom stereocenters. The van der Waals surface area contributed by atoms with E-state index in [0.29, 0.717) is 13.0 Å². The molecule has 0 spiro atoms. The number of carbonyl (C=O) groups is 2. The molecule has 0 saturated heterocycles. The minimum absolute atomic E-state index is 0.114. The van der Waals surface area contributed by atoms with E-state index in [2.05, 4.69) is 5.32 Å². The van der Waals surface area contributed by atoms with Gasteiger partial charge in [0.25, 0.3) is 0 Å².